The number of ether oxygens (including phenoxy) is 1. The Kier molecular flexibility index (Phi) is 3.22. The molecule has 0 saturated carbocycles. The van der Waals surface area contributed by atoms with Crippen molar-refractivity contribution in [2.45, 2.75) is 13.0 Å². The fraction of sp³-hybridized carbons (Fsp3) is 0.250. The first-order valence-electron chi connectivity index (χ1n) is 4.99. The van der Waals surface area contributed by atoms with E-state index in [1.807, 2.05) is 29.6 Å². The van der Waals surface area contributed by atoms with E-state index >= 15 is 0 Å². The van der Waals surface area contributed by atoms with Gasteiger partial charge < -0.3 is 9.84 Å². The van der Waals surface area contributed by atoms with Crippen LogP contribution in [0.2, 0.25) is 0 Å². The normalized spacial score (nSPS) is 12.4. The molecule has 4 heteroatoms. The van der Waals surface area contributed by atoms with Gasteiger partial charge in [0.25, 0.3) is 0 Å². The second-order valence-corrected chi connectivity index (χ2v) is 4.34. The van der Waals surface area contributed by atoms with Crippen molar-refractivity contribution in [1.82, 2.24) is 4.98 Å². The van der Waals surface area contributed by atoms with Gasteiger partial charge in [-0.2, -0.15) is 0 Å². The van der Waals surface area contributed by atoms with Gasteiger partial charge in [0.1, 0.15) is 16.9 Å². The Hall–Kier alpha value is -1.39. The van der Waals surface area contributed by atoms with Gasteiger partial charge in [-0.05, 0) is 19.1 Å². The van der Waals surface area contributed by atoms with Crippen LogP contribution in [0.5, 0.6) is 5.75 Å². The minimum absolute atomic E-state index is 0.520. The highest BCUT2D eigenvalue weighted by molar-refractivity contribution is 7.10. The molecule has 1 atom stereocenters. The average Bonchev–Trinajstić information content (AvgIpc) is 2.78. The van der Waals surface area contributed by atoms with E-state index in [1.54, 1.807) is 14.0 Å². The van der Waals surface area contributed by atoms with E-state index in [9.17, 15) is 5.11 Å². The monoisotopic (exact) mass is 235 g/mol. The number of hydrogen-bond acceptors (Lipinski definition) is 4. The smallest absolute Gasteiger partial charge is 0.128 e. The van der Waals surface area contributed by atoms with Crippen molar-refractivity contribution in [2.75, 3.05) is 7.11 Å². The Morgan fingerprint density at radius 1 is 1.38 bits per heavy atom. The molecule has 0 radical (unpaired) electrons. The molecule has 0 saturated heterocycles. The van der Waals surface area contributed by atoms with Crippen LogP contribution in [0.25, 0.3) is 11.3 Å². The molecule has 2 rings (SSSR count). The topological polar surface area (TPSA) is 42.4 Å². The predicted molar refractivity (Wildman–Crippen MR) is 64.7 cm³/mol. The van der Waals surface area contributed by atoms with E-state index < -0.39 is 6.10 Å². The zero-order valence-corrected chi connectivity index (χ0v) is 9.99. The first-order valence-corrected chi connectivity index (χ1v) is 5.87. The Labute approximate surface area is 98.4 Å². The predicted octanol–water partition coefficient (Wildman–Crippen LogP) is 2.87. The maximum atomic E-state index is 9.43. The molecular weight excluding hydrogens is 222 g/mol. The number of rotatable bonds is 3. The molecule has 0 aliphatic heterocycles. The van der Waals surface area contributed by atoms with Crippen LogP contribution in [0, 0.1) is 0 Å². The Bertz CT molecular complexity index is 479. The number of aliphatic hydroxyl groups is 1. The molecule has 0 amide bonds. The zero-order valence-electron chi connectivity index (χ0n) is 9.18. The van der Waals surface area contributed by atoms with E-state index in [-0.39, 0.29) is 0 Å². The molecule has 84 valence electrons. The zero-order chi connectivity index (χ0) is 11.5. The second kappa shape index (κ2) is 4.63. The average molecular weight is 235 g/mol. The number of aliphatic hydroxyl groups excluding tert-OH is 1. The highest BCUT2D eigenvalue weighted by Crippen LogP contribution is 2.31. The summed E-state index contributed by atoms with van der Waals surface area (Å²) in [6.07, 6.45) is -0.520. The third-order valence-corrected chi connectivity index (χ3v) is 3.28. The van der Waals surface area contributed by atoms with Gasteiger partial charge in [0.05, 0.1) is 12.8 Å². The molecule has 0 spiro atoms. The van der Waals surface area contributed by atoms with E-state index in [0.29, 0.717) is 0 Å². The Morgan fingerprint density at radius 2 is 2.12 bits per heavy atom. The molecule has 0 fully saturated rings. The minimum Gasteiger partial charge on any atom is -0.496 e. The van der Waals surface area contributed by atoms with E-state index in [1.165, 1.54) is 11.3 Å². The SMILES string of the molecule is COc1ccccc1-c1csc(C(C)O)n1. The molecule has 1 aromatic heterocycles. The van der Waals surface area contributed by atoms with Crippen LogP contribution < -0.4 is 4.74 Å². The van der Waals surface area contributed by atoms with Crippen molar-refractivity contribution in [3.8, 4) is 17.0 Å². The van der Waals surface area contributed by atoms with Crippen LogP contribution in [-0.2, 0) is 0 Å². The van der Waals surface area contributed by atoms with Crippen LogP contribution in [0.15, 0.2) is 29.6 Å². The summed E-state index contributed by atoms with van der Waals surface area (Å²) in [4.78, 5) is 4.38. The van der Waals surface area contributed by atoms with E-state index in [4.69, 9.17) is 4.74 Å². The van der Waals surface area contributed by atoms with Crippen LogP contribution in [-0.4, -0.2) is 17.2 Å². The van der Waals surface area contributed by atoms with Crippen molar-refractivity contribution < 1.29 is 9.84 Å². The first kappa shape index (κ1) is 11.1. The third-order valence-electron chi connectivity index (χ3n) is 2.26. The third kappa shape index (κ3) is 2.08. The van der Waals surface area contributed by atoms with Crippen molar-refractivity contribution in [1.29, 1.82) is 0 Å². The lowest BCUT2D eigenvalue weighted by Gasteiger charge is -2.05. The lowest BCUT2D eigenvalue weighted by Crippen LogP contribution is -1.91. The molecule has 1 N–H and O–H groups in total. The van der Waals surface area contributed by atoms with Crippen molar-refractivity contribution >= 4 is 11.3 Å². The van der Waals surface area contributed by atoms with Gasteiger partial charge >= 0.3 is 0 Å². The quantitative estimate of drug-likeness (QED) is 0.889. The van der Waals surface area contributed by atoms with E-state index in [2.05, 4.69) is 4.98 Å². The second-order valence-electron chi connectivity index (χ2n) is 3.45. The molecule has 1 aromatic carbocycles. The number of para-hydroxylation sites is 1. The molecule has 3 nitrogen and oxygen atoms in total. The summed E-state index contributed by atoms with van der Waals surface area (Å²) in [7, 11) is 1.64. The van der Waals surface area contributed by atoms with E-state index in [0.717, 1.165) is 22.0 Å². The molecular formula is C12H13NO2S. The lowest BCUT2D eigenvalue weighted by molar-refractivity contribution is 0.199. The van der Waals surface area contributed by atoms with Crippen LogP contribution in [0.4, 0.5) is 0 Å². The molecule has 2 aromatic rings. The number of aromatic nitrogens is 1. The van der Waals surface area contributed by atoms with Gasteiger partial charge in [-0.1, -0.05) is 12.1 Å². The molecule has 0 aliphatic carbocycles. The standard InChI is InChI=1S/C12H13NO2S/c1-8(14)12-13-10(7-16-12)9-5-3-4-6-11(9)15-2/h3-8,14H,1-2H3. The molecule has 1 heterocycles. The number of thiazole rings is 1. The minimum atomic E-state index is -0.520. The lowest BCUT2D eigenvalue weighted by atomic mass is 10.1. The Balaban J connectivity index is 2.42. The summed E-state index contributed by atoms with van der Waals surface area (Å²) in [5.74, 6) is 0.796. The van der Waals surface area contributed by atoms with Crippen LogP contribution >= 0.6 is 11.3 Å². The van der Waals surface area contributed by atoms with Crippen LogP contribution in [0.1, 0.15) is 18.0 Å². The largest absolute Gasteiger partial charge is 0.496 e. The fourth-order valence-electron chi connectivity index (χ4n) is 1.46. The number of nitrogens with zero attached hydrogens (tertiary/aromatic N) is 1. The molecule has 0 aliphatic rings. The van der Waals surface area contributed by atoms with Gasteiger partial charge in [-0.25, -0.2) is 4.98 Å². The van der Waals surface area contributed by atoms with Gasteiger partial charge in [0.2, 0.25) is 0 Å². The van der Waals surface area contributed by atoms with Gasteiger partial charge in [-0.15, -0.1) is 11.3 Å². The summed E-state index contributed by atoms with van der Waals surface area (Å²) in [6.45, 7) is 1.71. The maximum Gasteiger partial charge on any atom is 0.128 e. The maximum absolute atomic E-state index is 9.43. The number of hydrogen-bond donors (Lipinski definition) is 1. The molecule has 1 unspecified atom stereocenters. The first-order chi connectivity index (χ1) is 7.72. The summed E-state index contributed by atoms with van der Waals surface area (Å²) in [5.41, 5.74) is 1.80. The summed E-state index contributed by atoms with van der Waals surface area (Å²) < 4.78 is 5.27. The van der Waals surface area contributed by atoms with Crippen molar-refractivity contribution in [3.63, 3.8) is 0 Å². The van der Waals surface area contributed by atoms with Crippen molar-refractivity contribution in [2.24, 2.45) is 0 Å². The summed E-state index contributed by atoms with van der Waals surface area (Å²) in [5, 5.41) is 12.1. The van der Waals surface area contributed by atoms with Crippen molar-refractivity contribution in [3.05, 3.63) is 34.7 Å². The highest BCUT2D eigenvalue weighted by atomic mass is 32.1. The molecule has 16 heavy (non-hydrogen) atoms. The Morgan fingerprint density at radius 3 is 2.75 bits per heavy atom. The highest BCUT2D eigenvalue weighted by Gasteiger charge is 2.11. The van der Waals surface area contributed by atoms with Gasteiger partial charge in [-0.3, -0.25) is 0 Å². The molecule has 0 bridgehead atoms. The number of benzene rings is 1. The van der Waals surface area contributed by atoms with Crippen LogP contribution in [0.3, 0.4) is 0 Å². The van der Waals surface area contributed by atoms with Gasteiger partial charge in [0.15, 0.2) is 0 Å². The summed E-state index contributed by atoms with van der Waals surface area (Å²) in [6, 6.07) is 7.72. The fourth-order valence-corrected chi connectivity index (χ4v) is 2.22. The summed E-state index contributed by atoms with van der Waals surface area (Å²) >= 11 is 1.46. The van der Waals surface area contributed by atoms with Gasteiger partial charge in [0, 0.05) is 10.9 Å². The number of methoxy groups -OCH3 is 1.